The van der Waals surface area contributed by atoms with Crippen LogP contribution in [0.4, 0.5) is 0 Å². The smallest absolute Gasteiger partial charge is 0.0667 e. The highest BCUT2D eigenvalue weighted by molar-refractivity contribution is 6.97. The molecule has 0 spiro atoms. The normalized spacial score (nSPS) is 21.7. The number of allylic oxidation sites excluding steroid dienone is 2. The summed E-state index contributed by atoms with van der Waals surface area (Å²) < 4.78 is 0. The lowest BCUT2D eigenvalue weighted by atomic mass is 9.27. The molecule has 0 bridgehead atoms. The highest BCUT2D eigenvalue weighted by atomic mass is 14.5. The van der Waals surface area contributed by atoms with Gasteiger partial charge in [-0.15, -0.1) is 0 Å². The van der Waals surface area contributed by atoms with Crippen molar-refractivity contribution in [3.8, 4) is 0 Å². The molecule has 2 heterocycles. The lowest BCUT2D eigenvalue weighted by Gasteiger charge is -2.49. The van der Waals surface area contributed by atoms with Gasteiger partial charge in [0.2, 0.25) is 6.71 Å². The van der Waals surface area contributed by atoms with Crippen LogP contribution in [0, 0.1) is 0 Å². The van der Waals surface area contributed by atoms with Crippen molar-refractivity contribution in [1.29, 1.82) is 0 Å². The molecule has 8 rings (SSSR count). The van der Waals surface area contributed by atoms with Crippen molar-refractivity contribution < 1.29 is 0 Å². The van der Waals surface area contributed by atoms with Crippen LogP contribution in [-0.4, -0.2) is 6.71 Å². The molecule has 216 valence electrons. The van der Waals surface area contributed by atoms with Crippen LogP contribution in [0.3, 0.4) is 0 Å². The molecule has 0 nitrogen and oxygen atoms in total. The molecular formula is C42H45B. The maximum absolute atomic E-state index is 2.65. The molecule has 0 saturated heterocycles. The fourth-order valence-corrected chi connectivity index (χ4v) is 10.4. The van der Waals surface area contributed by atoms with E-state index in [1.165, 1.54) is 64.4 Å². The van der Waals surface area contributed by atoms with E-state index in [9.17, 15) is 0 Å². The number of fused-ring (bicyclic) bond motifs is 5. The highest BCUT2D eigenvalue weighted by Crippen LogP contribution is 2.54. The van der Waals surface area contributed by atoms with Gasteiger partial charge in [0.05, 0.1) is 0 Å². The minimum absolute atomic E-state index is 0.0656. The first-order chi connectivity index (χ1) is 20.8. The van der Waals surface area contributed by atoms with E-state index in [1.54, 1.807) is 27.7 Å². The summed E-state index contributed by atoms with van der Waals surface area (Å²) >= 11 is 0. The van der Waals surface area contributed by atoms with Gasteiger partial charge in [0, 0.05) is 22.2 Å². The second-order valence-corrected chi connectivity index (χ2v) is 14.9. The van der Waals surface area contributed by atoms with E-state index in [0.717, 1.165) is 12.8 Å². The Morgan fingerprint density at radius 3 is 2.07 bits per heavy atom. The van der Waals surface area contributed by atoms with Crippen LogP contribution >= 0.6 is 0 Å². The van der Waals surface area contributed by atoms with Gasteiger partial charge in [-0.05, 0) is 77.5 Å². The van der Waals surface area contributed by atoms with Crippen molar-refractivity contribution >= 4 is 23.1 Å². The molecule has 0 radical (unpaired) electrons. The van der Waals surface area contributed by atoms with Gasteiger partial charge in [0.1, 0.15) is 0 Å². The molecule has 0 N–H and O–H groups in total. The SMILES string of the molecule is CCC1(CC)c2ccccc2B2c3ccc(C4C5=C(CCCC5)C(C)(C)c5ccccc54)cc3C(C)(C)c3cccc1c32. The van der Waals surface area contributed by atoms with Gasteiger partial charge in [0.25, 0.3) is 0 Å². The summed E-state index contributed by atoms with van der Waals surface area (Å²) in [4.78, 5) is 0. The molecular weight excluding hydrogens is 515 g/mol. The van der Waals surface area contributed by atoms with Crippen LogP contribution in [-0.2, 0) is 16.2 Å². The fourth-order valence-electron chi connectivity index (χ4n) is 10.4. The van der Waals surface area contributed by atoms with Crippen molar-refractivity contribution in [2.24, 2.45) is 0 Å². The highest BCUT2D eigenvalue weighted by Gasteiger charge is 2.50. The standard InChI is InChI=1S/C42H45B/c1-7-42(8-2)32-20-13-14-23-36(32)43-37-25-24-27(26-35(37)41(5,6)33-21-15-22-34(42)39(33)43)38-28-16-9-11-18-30(28)40(3,4)31-19-12-10-17-29(31)38/h9,11,13-16,18,20-26,38H,7-8,10,12,17,19H2,1-6H3. The Morgan fingerprint density at radius 1 is 0.628 bits per heavy atom. The Labute approximate surface area is 259 Å². The molecule has 1 atom stereocenters. The van der Waals surface area contributed by atoms with Crippen LogP contribution < -0.4 is 16.4 Å². The maximum Gasteiger partial charge on any atom is 0.242 e. The van der Waals surface area contributed by atoms with Gasteiger partial charge in [-0.25, -0.2) is 0 Å². The third kappa shape index (κ3) is 3.46. The van der Waals surface area contributed by atoms with Crippen molar-refractivity contribution in [2.45, 2.75) is 102 Å². The number of rotatable bonds is 3. The second kappa shape index (κ2) is 9.34. The third-order valence-electron chi connectivity index (χ3n) is 12.5. The summed E-state index contributed by atoms with van der Waals surface area (Å²) in [6, 6.07) is 33.7. The first-order valence-corrected chi connectivity index (χ1v) is 16.9. The van der Waals surface area contributed by atoms with Crippen LogP contribution in [0.15, 0.2) is 96.1 Å². The van der Waals surface area contributed by atoms with E-state index < -0.39 is 0 Å². The Balaban J connectivity index is 1.38. The molecule has 0 saturated carbocycles. The van der Waals surface area contributed by atoms with Gasteiger partial charge in [0.15, 0.2) is 0 Å². The first-order valence-electron chi connectivity index (χ1n) is 16.9. The minimum Gasteiger partial charge on any atom is -0.0667 e. The number of hydrogen-bond acceptors (Lipinski definition) is 0. The van der Waals surface area contributed by atoms with E-state index in [1.807, 2.05) is 0 Å². The van der Waals surface area contributed by atoms with Crippen molar-refractivity contribution in [3.05, 3.63) is 135 Å². The first kappa shape index (κ1) is 27.2. The lowest BCUT2D eigenvalue weighted by molar-refractivity contribution is 0.479. The molecule has 0 aromatic heterocycles. The molecule has 1 unspecified atom stereocenters. The Morgan fingerprint density at radius 2 is 1.28 bits per heavy atom. The quantitative estimate of drug-likeness (QED) is 0.174. The van der Waals surface area contributed by atoms with E-state index >= 15 is 0 Å². The molecule has 2 aliphatic carbocycles. The summed E-state index contributed by atoms with van der Waals surface area (Å²) in [6.45, 7) is 15.0. The fraction of sp³-hybridized carbons (Fsp3) is 0.381. The largest absolute Gasteiger partial charge is 0.242 e. The molecule has 0 fully saturated rings. The molecule has 4 aromatic carbocycles. The molecule has 0 amide bonds. The zero-order valence-electron chi connectivity index (χ0n) is 27.0. The van der Waals surface area contributed by atoms with Gasteiger partial charge < -0.3 is 0 Å². The van der Waals surface area contributed by atoms with Crippen molar-refractivity contribution in [3.63, 3.8) is 0 Å². The van der Waals surface area contributed by atoms with Gasteiger partial charge in [-0.1, -0.05) is 154 Å². The minimum atomic E-state index is -0.0656. The Bertz CT molecular complexity index is 1810. The van der Waals surface area contributed by atoms with E-state index in [4.69, 9.17) is 0 Å². The predicted molar refractivity (Wildman–Crippen MR) is 184 cm³/mol. The molecule has 2 aliphatic heterocycles. The van der Waals surface area contributed by atoms with Crippen LogP contribution in [0.25, 0.3) is 0 Å². The zero-order chi connectivity index (χ0) is 29.7. The van der Waals surface area contributed by atoms with Gasteiger partial charge >= 0.3 is 0 Å². The summed E-state index contributed by atoms with van der Waals surface area (Å²) in [6.07, 6.45) is 7.38. The average Bonchev–Trinajstić information content (AvgIpc) is 3.03. The Hall–Kier alpha value is -3.32. The summed E-state index contributed by atoms with van der Waals surface area (Å²) in [5, 5.41) is 0. The number of benzene rings is 4. The van der Waals surface area contributed by atoms with Gasteiger partial charge in [-0.3, -0.25) is 0 Å². The van der Waals surface area contributed by atoms with E-state index in [2.05, 4.69) is 126 Å². The van der Waals surface area contributed by atoms with Crippen LogP contribution in [0.5, 0.6) is 0 Å². The van der Waals surface area contributed by atoms with Crippen molar-refractivity contribution in [2.75, 3.05) is 0 Å². The summed E-state index contributed by atoms with van der Waals surface area (Å²) in [7, 11) is 0. The van der Waals surface area contributed by atoms with Crippen LogP contribution in [0.2, 0.25) is 0 Å². The van der Waals surface area contributed by atoms with E-state index in [0.29, 0.717) is 12.6 Å². The molecule has 43 heavy (non-hydrogen) atoms. The van der Waals surface area contributed by atoms with E-state index in [-0.39, 0.29) is 16.2 Å². The van der Waals surface area contributed by atoms with Gasteiger partial charge in [-0.2, -0.15) is 0 Å². The Kier molecular flexibility index (Phi) is 5.92. The lowest BCUT2D eigenvalue weighted by Crippen LogP contribution is -2.67. The summed E-state index contributed by atoms with van der Waals surface area (Å²) in [5.41, 5.74) is 18.9. The predicted octanol–water partition coefficient (Wildman–Crippen LogP) is 8.56. The molecule has 1 heteroatoms. The third-order valence-corrected chi connectivity index (χ3v) is 12.5. The zero-order valence-corrected chi connectivity index (χ0v) is 27.0. The number of hydrogen-bond donors (Lipinski definition) is 0. The van der Waals surface area contributed by atoms with Crippen molar-refractivity contribution in [1.82, 2.24) is 0 Å². The molecule has 4 aliphatic rings. The maximum atomic E-state index is 2.65. The second-order valence-electron chi connectivity index (χ2n) is 14.9. The monoisotopic (exact) mass is 560 g/mol. The topological polar surface area (TPSA) is 0 Å². The molecule has 4 aromatic rings. The van der Waals surface area contributed by atoms with Crippen LogP contribution in [0.1, 0.15) is 125 Å². The summed E-state index contributed by atoms with van der Waals surface area (Å²) in [5.74, 6) is 0.361. The average molecular weight is 561 g/mol.